The second-order valence-corrected chi connectivity index (χ2v) is 7.07. The van der Waals surface area contributed by atoms with Crippen LogP contribution in [0.1, 0.15) is 64.7 Å². The number of carbonyl (C=O) groups excluding carboxylic acids is 1. The standard InChI is InChI=1S/C16H26O/c1-11-3-2-4-14(7-11)16(17)10-15-9-12-5-6-13(15)8-12/h11-15H,2-10H2,1H3. The topological polar surface area (TPSA) is 17.1 Å². The maximum Gasteiger partial charge on any atom is 0.136 e. The van der Waals surface area contributed by atoms with Crippen LogP contribution in [0.3, 0.4) is 0 Å². The Hall–Kier alpha value is -0.330. The summed E-state index contributed by atoms with van der Waals surface area (Å²) in [7, 11) is 0. The molecule has 5 unspecified atom stereocenters. The van der Waals surface area contributed by atoms with Gasteiger partial charge in [-0.05, 0) is 55.8 Å². The quantitative estimate of drug-likeness (QED) is 0.715. The van der Waals surface area contributed by atoms with Crippen molar-refractivity contribution in [2.75, 3.05) is 0 Å². The highest BCUT2D eigenvalue weighted by molar-refractivity contribution is 5.81. The van der Waals surface area contributed by atoms with E-state index in [0.717, 1.165) is 30.1 Å². The molecule has 3 rings (SSSR count). The van der Waals surface area contributed by atoms with E-state index in [-0.39, 0.29) is 0 Å². The SMILES string of the molecule is CC1CCCC(C(=O)CC2CC3CCC2C3)C1. The summed E-state index contributed by atoms with van der Waals surface area (Å²) in [6.07, 6.45) is 11.6. The van der Waals surface area contributed by atoms with Gasteiger partial charge in [-0.15, -0.1) is 0 Å². The first-order chi connectivity index (χ1) is 8.22. The molecule has 96 valence electrons. The molecule has 0 spiro atoms. The van der Waals surface area contributed by atoms with Gasteiger partial charge < -0.3 is 0 Å². The Bertz CT molecular complexity index is 296. The first-order valence-electron chi connectivity index (χ1n) is 7.75. The van der Waals surface area contributed by atoms with Crippen LogP contribution in [-0.4, -0.2) is 5.78 Å². The van der Waals surface area contributed by atoms with Gasteiger partial charge in [0.1, 0.15) is 5.78 Å². The Morgan fingerprint density at radius 1 is 1.06 bits per heavy atom. The largest absolute Gasteiger partial charge is 0.299 e. The maximum atomic E-state index is 12.4. The number of hydrogen-bond donors (Lipinski definition) is 0. The molecule has 3 aliphatic carbocycles. The average Bonchev–Trinajstić information content (AvgIpc) is 2.91. The van der Waals surface area contributed by atoms with Gasteiger partial charge in [-0.3, -0.25) is 4.79 Å². The zero-order valence-electron chi connectivity index (χ0n) is 11.2. The molecule has 2 bridgehead atoms. The lowest BCUT2D eigenvalue weighted by molar-refractivity contribution is -0.125. The minimum Gasteiger partial charge on any atom is -0.299 e. The van der Waals surface area contributed by atoms with E-state index in [0.29, 0.717) is 11.7 Å². The van der Waals surface area contributed by atoms with E-state index in [1.165, 1.54) is 51.4 Å². The number of hydrogen-bond acceptors (Lipinski definition) is 1. The second kappa shape index (κ2) is 4.74. The predicted octanol–water partition coefficient (Wildman–Crippen LogP) is 4.21. The number of Topliss-reactive ketones (excluding diaryl/α,β-unsaturated/α-hetero) is 1. The normalized spacial score (nSPS) is 45.1. The summed E-state index contributed by atoms with van der Waals surface area (Å²) in [6, 6.07) is 0. The summed E-state index contributed by atoms with van der Waals surface area (Å²) < 4.78 is 0. The van der Waals surface area contributed by atoms with Crippen molar-refractivity contribution in [3.8, 4) is 0 Å². The molecular formula is C16H26O. The van der Waals surface area contributed by atoms with Crippen molar-refractivity contribution in [2.45, 2.75) is 64.7 Å². The Morgan fingerprint density at radius 3 is 2.59 bits per heavy atom. The minimum absolute atomic E-state index is 0.429. The molecular weight excluding hydrogens is 208 g/mol. The lowest BCUT2D eigenvalue weighted by Gasteiger charge is -2.28. The molecule has 0 aromatic heterocycles. The van der Waals surface area contributed by atoms with Crippen LogP contribution >= 0.6 is 0 Å². The molecule has 1 heteroatoms. The smallest absolute Gasteiger partial charge is 0.136 e. The highest BCUT2D eigenvalue weighted by Gasteiger charge is 2.40. The monoisotopic (exact) mass is 234 g/mol. The second-order valence-electron chi connectivity index (χ2n) is 7.07. The van der Waals surface area contributed by atoms with Gasteiger partial charge in [0.25, 0.3) is 0 Å². The Morgan fingerprint density at radius 2 is 1.94 bits per heavy atom. The van der Waals surface area contributed by atoms with E-state index in [9.17, 15) is 4.79 Å². The molecule has 0 radical (unpaired) electrons. The van der Waals surface area contributed by atoms with Gasteiger partial charge >= 0.3 is 0 Å². The highest BCUT2D eigenvalue weighted by atomic mass is 16.1. The van der Waals surface area contributed by atoms with Crippen LogP contribution in [0.15, 0.2) is 0 Å². The summed E-state index contributed by atoms with van der Waals surface area (Å²) in [4.78, 5) is 12.4. The lowest BCUT2D eigenvalue weighted by Crippen LogP contribution is -2.25. The van der Waals surface area contributed by atoms with E-state index in [4.69, 9.17) is 0 Å². The Balaban J connectivity index is 1.53. The summed E-state index contributed by atoms with van der Waals surface area (Å²) in [6.45, 7) is 2.32. The van der Waals surface area contributed by atoms with Gasteiger partial charge in [0, 0.05) is 12.3 Å². The van der Waals surface area contributed by atoms with E-state index < -0.39 is 0 Å². The van der Waals surface area contributed by atoms with Crippen molar-refractivity contribution in [3.05, 3.63) is 0 Å². The van der Waals surface area contributed by atoms with Crippen LogP contribution in [0.25, 0.3) is 0 Å². The fourth-order valence-corrected chi connectivity index (χ4v) is 4.78. The van der Waals surface area contributed by atoms with Gasteiger partial charge in [-0.25, -0.2) is 0 Å². The van der Waals surface area contributed by atoms with Gasteiger partial charge in [0.15, 0.2) is 0 Å². The van der Waals surface area contributed by atoms with E-state index in [1.807, 2.05) is 0 Å². The van der Waals surface area contributed by atoms with Crippen LogP contribution < -0.4 is 0 Å². The zero-order valence-corrected chi connectivity index (χ0v) is 11.2. The third kappa shape index (κ3) is 2.44. The first kappa shape index (κ1) is 11.7. The van der Waals surface area contributed by atoms with Crippen LogP contribution in [0.5, 0.6) is 0 Å². The first-order valence-corrected chi connectivity index (χ1v) is 7.75. The average molecular weight is 234 g/mol. The molecule has 0 aromatic carbocycles. The Labute approximate surface area is 105 Å². The van der Waals surface area contributed by atoms with Gasteiger partial charge in [-0.1, -0.05) is 26.2 Å². The maximum absolute atomic E-state index is 12.4. The van der Waals surface area contributed by atoms with Gasteiger partial charge in [0.2, 0.25) is 0 Å². The molecule has 0 aliphatic heterocycles. The van der Waals surface area contributed by atoms with Crippen molar-refractivity contribution >= 4 is 5.78 Å². The third-order valence-electron chi connectivity index (χ3n) is 5.74. The van der Waals surface area contributed by atoms with Crippen molar-refractivity contribution in [3.63, 3.8) is 0 Å². The molecule has 1 nitrogen and oxygen atoms in total. The van der Waals surface area contributed by atoms with Crippen LogP contribution in [0, 0.1) is 29.6 Å². The molecule has 0 saturated heterocycles. The highest BCUT2D eigenvalue weighted by Crippen LogP contribution is 2.50. The van der Waals surface area contributed by atoms with Crippen molar-refractivity contribution in [1.82, 2.24) is 0 Å². The minimum atomic E-state index is 0.429. The van der Waals surface area contributed by atoms with E-state index in [1.54, 1.807) is 0 Å². The molecule has 0 heterocycles. The van der Waals surface area contributed by atoms with Crippen molar-refractivity contribution in [1.29, 1.82) is 0 Å². The van der Waals surface area contributed by atoms with Crippen LogP contribution in [0.4, 0.5) is 0 Å². The van der Waals surface area contributed by atoms with Gasteiger partial charge in [0.05, 0.1) is 0 Å². The zero-order chi connectivity index (χ0) is 11.8. The molecule has 3 fully saturated rings. The molecule has 0 amide bonds. The fraction of sp³-hybridized carbons (Fsp3) is 0.938. The Kier molecular flexibility index (Phi) is 3.28. The number of carbonyl (C=O) groups is 1. The fourth-order valence-electron chi connectivity index (χ4n) is 4.78. The van der Waals surface area contributed by atoms with E-state index >= 15 is 0 Å². The molecule has 3 saturated carbocycles. The summed E-state index contributed by atoms with van der Waals surface area (Å²) in [5.41, 5.74) is 0. The number of rotatable bonds is 3. The summed E-state index contributed by atoms with van der Waals surface area (Å²) in [5.74, 6) is 4.52. The number of fused-ring (bicyclic) bond motifs is 2. The van der Waals surface area contributed by atoms with E-state index in [2.05, 4.69) is 6.92 Å². The predicted molar refractivity (Wildman–Crippen MR) is 69.7 cm³/mol. The molecule has 0 N–H and O–H groups in total. The van der Waals surface area contributed by atoms with Crippen molar-refractivity contribution < 1.29 is 4.79 Å². The van der Waals surface area contributed by atoms with Crippen LogP contribution in [0.2, 0.25) is 0 Å². The summed E-state index contributed by atoms with van der Waals surface area (Å²) in [5, 5.41) is 0. The third-order valence-corrected chi connectivity index (χ3v) is 5.74. The molecule has 0 aromatic rings. The summed E-state index contributed by atoms with van der Waals surface area (Å²) >= 11 is 0. The van der Waals surface area contributed by atoms with Gasteiger partial charge in [-0.2, -0.15) is 0 Å². The molecule has 17 heavy (non-hydrogen) atoms. The van der Waals surface area contributed by atoms with Crippen molar-refractivity contribution in [2.24, 2.45) is 29.6 Å². The number of ketones is 1. The molecule has 5 atom stereocenters. The molecule has 3 aliphatic rings. The lowest BCUT2D eigenvalue weighted by atomic mass is 9.76. The van der Waals surface area contributed by atoms with Crippen LogP contribution in [-0.2, 0) is 4.79 Å².